The van der Waals surface area contributed by atoms with E-state index >= 15 is 0 Å². The molecule has 0 spiro atoms. The molecule has 0 aromatic heterocycles. The quantitative estimate of drug-likeness (QED) is 0.870. The van der Waals surface area contributed by atoms with E-state index in [4.69, 9.17) is 0 Å². The largest absolute Gasteiger partial charge is 0.382 e. The van der Waals surface area contributed by atoms with Gasteiger partial charge in [-0.1, -0.05) is 26.3 Å². The van der Waals surface area contributed by atoms with Crippen molar-refractivity contribution in [1.82, 2.24) is 0 Å². The maximum atomic E-state index is 3.77. The molecular weight excluding hydrogens is 232 g/mol. The molecule has 19 heavy (non-hydrogen) atoms. The van der Waals surface area contributed by atoms with E-state index < -0.39 is 0 Å². The molecule has 1 aromatic rings. The van der Waals surface area contributed by atoms with Crippen molar-refractivity contribution in [2.45, 2.75) is 52.0 Å². The van der Waals surface area contributed by atoms with Crippen molar-refractivity contribution in [3.05, 3.63) is 24.3 Å². The fraction of sp³-hybridized carbons (Fsp3) is 0.647. The van der Waals surface area contributed by atoms with Crippen LogP contribution in [0, 0.1) is 5.41 Å². The second-order valence-corrected chi connectivity index (χ2v) is 6.82. The van der Waals surface area contributed by atoms with Gasteiger partial charge < -0.3 is 10.2 Å². The Hall–Kier alpha value is -1.18. The van der Waals surface area contributed by atoms with E-state index in [2.05, 4.69) is 48.3 Å². The fourth-order valence-corrected chi connectivity index (χ4v) is 3.56. The molecule has 1 aromatic carbocycles. The van der Waals surface area contributed by atoms with E-state index in [1.165, 1.54) is 56.6 Å². The highest BCUT2D eigenvalue weighted by Gasteiger charge is 2.34. The van der Waals surface area contributed by atoms with Crippen molar-refractivity contribution < 1.29 is 0 Å². The zero-order chi connectivity index (χ0) is 13.3. The third-order valence-corrected chi connectivity index (χ3v) is 4.92. The first-order valence-electron chi connectivity index (χ1n) is 7.77. The molecule has 0 amide bonds. The van der Waals surface area contributed by atoms with Crippen LogP contribution >= 0.6 is 0 Å². The van der Waals surface area contributed by atoms with E-state index in [0.29, 0.717) is 11.5 Å². The van der Waals surface area contributed by atoms with Gasteiger partial charge in [0.15, 0.2) is 0 Å². The Morgan fingerprint density at radius 3 is 2.63 bits per heavy atom. The van der Waals surface area contributed by atoms with Crippen molar-refractivity contribution in [2.75, 3.05) is 23.3 Å². The van der Waals surface area contributed by atoms with Gasteiger partial charge in [0.25, 0.3) is 0 Å². The molecule has 1 heterocycles. The lowest BCUT2D eigenvalue weighted by Crippen LogP contribution is -2.30. The standard InChI is InChI=1S/C17H26N2/c1-17(2)10-6-9-16(17)18-14-7-5-8-15(13-14)19-11-3-4-12-19/h5,7-8,13,16,18H,3-4,6,9-12H2,1-2H3. The van der Waals surface area contributed by atoms with Gasteiger partial charge in [0, 0.05) is 30.5 Å². The summed E-state index contributed by atoms with van der Waals surface area (Å²) >= 11 is 0. The monoisotopic (exact) mass is 258 g/mol. The zero-order valence-corrected chi connectivity index (χ0v) is 12.3. The first-order chi connectivity index (χ1) is 9.15. The average Bonchev–Trinajstić information content (AvgIpc) is 3.01. The molecule has 3 rings (SSSR count). The van der Waals surface area contributed by atoms with Gasteiger partial charge in [-0.15, -0.1) is 0 Å². The molecule has 0 radical (unpaired) electrons. The van der Waals surface area contributed by atoms with Gasteiger partial charge in [-0.25, -0.2) is 0 Å². The minimum absolute atomic E-state index is 0.434. The predicted molar refractivity (Wildman–Crippen MR) is 82.9 cm³/mol. The summed E-state index contributed by atoms with van der Waals surface area (Å²) < 4.78 is 0. The van der Waals surface area contributed by atoms with Gasteiger partial charge >= 0.3 is 0 Å². The van der Waals surface area contributed by atoms with Crippen LogP contribution in [-0.2, 0) is 0 Å². The summed E-state index contributed by atoms with van der Waals surface area (Å²) in [5, 5.41) is 3.77. The number of rotatable bonds is 3. The molecule has 1 N–H and O–H groups in total. The Kier molecular flexibility index (Phi) is 3.42. The van der Waals surface area contributed by atoms with Crippen LogP contribution in [0.15, 0.2) is 24.3 Å². The number of nitrogens with zero attached hydrogens (tertiary/aromatic N) is 1. The van der Waals surface area contributed by atoms with Gasteiger partial charge in [-0.2, -0.15) is 0 Å². The smallest absolute Gasteiger partial charge is 0.0386 e. The van der Waals surface area contributed by atoms with Crippen LogP contribution in [0.2, 0.25) is 0 Å². The van der Waals surface area contributed by atoms with Gasteiger partial charge in [0.1, 0.15) is 0 Å². The van der Waals surface area contributed by atoms with Crippen LogP contribution in [0.3, 0.4) is 0 Å². The van der Waals surface area contributed by atoms with Crippen molar-refractivity contribution >= 4 is 11.4 Å². The minimum atomic E-state index is 0.434. The lowest BCUT2D eigenvalue weighted by atomic mass is 9.87. The Morgan fingerprint density at radius 1 is 1.16 bits per heavy atom. The number of hydrogen-bond acceptors (Lipinski definition) is 2. The Bertz CT molecular complexity index is 433. The molecule has 2 heteroatoms. The molecule has 1 saturated carbocycles. The molecule has 1 aliphatic heterocycles. The van der Waals surface area contributed by atoms with E-state index in [-0.39, 0.29) is 0 Å². The third-order valence-electron chi connectivity index (χ3n) is 4.92. The predicted octanol–water partition coefficient (Wildman–Crippen LogP) is 4.28. The van der Waals surface area contributed by atoms with Gasteiger partial charge in [-0.3, -0.25) is 0 Å². The molecule has 104 valence electrons. The van der Waals surface area contributed by atoms with Crippen LogP contribution in [-0.4, -0.2) is 19.1 Å². The number of benzene rings is 1. The molecule has 2 aliphatic rings. The van der Waals surface area contributed by atoms with E-state index in [0.717, 1.165) is 0 Å². The van der Waals surface area contributed by atoms with Crippen molar-refractivity contribution in [1.29, 1.82) is 0 Å². The summed E-state index contributed by atoms with van der Waals surface area (Å²) in [4.78, 5) is 2.50. The Balaban J connectivity index is 1.72. The average molecular weight is 258 g/mol. The maximum absolute atomic E-state index is 3.77. The normalized spacial score (nSPS) is 25.8. The molecule has 1 atom stereocenters. The van der Waals surface area contributed by atoms with Gasteiger partial charge in [0.2, 0.25) is 0 Å². The highest BCUT2D eigenvalue weighted by Crippen LogP contribution is 2.39. The van der Waals surface area contributed by atoms with E-state index in [9.17, 15) is 0 Å². The summed E-state index contributed by atoms with van der Waals surface area (Å²) in [6.07, 6.45) is 6.69. The first kappa shape index (κ1) is 12.8. The fourth-order valence-electron chi connectivity index (χ4n) is 3.56. The highest BCUT2D eigenvalue weighted by molar-refractivity contribution is 5.59. The molecule has 1 aliphatic carbocycles. The van der Waals surface area contributed by atoms with Crippen molar-refractivity contribution in [3.8, 4) is 0 Å². The second kappa shape index (κ2) is 5.07. The Labute approximate surface area is 117 Å². The summed E-state index contributed by atoms with van der Waals surface area (Å²) in [5.41, 5.74) is 3.12. The SMILES string of the molecule is CC1(C)CCCC1Nc1cccc(N2CCCC2)c1. The lowest BCUT2D eigenvalue weighted by Gasteiger charge is -2.29. The zero-order valence-electron chi connectivity index (χ0n) is 12.3. The van der Waals surface area contributed by atoms with Crippen molar-refractivity contribution in [2.24, 2.45) is 5.41 Å². The van der Waals surface area contributed by atoms with E-state index in [1.807, 2.05) is 0 Å². The molecular formula is C17H26N2. The molecule has 2 nitrogen and oxygen atoms in total. The molecule has 0 bridgehead atoms. The van der Waals surface area contributed by atoms with Crippen LogP contribution in [0.4, 0.5) is 11.4 Å². The topological polar surface area (TPSA) is 15.3 Å². The van der Waals surface area contributed by atoms with E-state index in [1.54, 1.807) is 0 Å². The lowest BCUT2D eigenvalue weighted by molar-refractivity contribution is 0.350. The highest BCUT2D eigenvalue weighted by atomic mass is 15.1. The number of hydrogen-bond donors (Lipinski definition) is 1. The summed E-state index contributed by atoms with van der Waals surface area (Å²) in [6.45, 7) is 7.22. The second-order valence-electron chi connectivity index (χ2n) is 6.82. The van der Waals surface area contributed by atoms with Crippen LogP contribution in [0.1, 0.15) is 46.0 Å². The molecule has 1 saturated heterocycles. The Morgan fingerprint density at radius 2 is 1.95 bits per heavy atom. The minimum Gasteiger partial charge on any atom is -0.382 e. The third kappa shape index (κ3) is 2.72. The van der Waals surface area contributed by atoms with Gasteiger partial charge in [-0.05, 0) is 49.3 Å². The number of anilines is 2. The summed E-state index contributed by atoms with van der Waals surface area (Å²) in [6, 6.07) is 9.61. The number of nitrogens with one attached hydrogen (secondary N) is 1. The van der Waals surface area contributed by atoms with Crippen LogP contribution < -0.4 is 10.2 Å². The first-order valence-corrected chi connectivity index (χ1v) is 7.77. The van der Waals surface area contributed by atoms with Crippen molar-refractivity contribution in [3.63, 3.8) is 0 Å². The van der Waals surface area contributed by atoms with Crippen LogP contribution in [0.25, 0.3) is 0 Å². The molecule has 2 fully saturated rings. The van der Waals surface area contributed by atoms with Crippen LogP contribution in [0.5, 0.6) is 0 Å². The maximum Gasteiger partial charge on any atom is 0.0386 e. The summed E-state index contributed by atoms with van der Waals surface area (Å²) in [7, 11) is 0. The molecule has 1 unspecified atom stereocenters. The summed E-state index contributed by atoms with van der Waals surface area (Å²) in [5.74, 6) is 0. The van der Waals surface area contributed by atoms with Gasteiger partial charge in [0.05, 0.1) is 0 Å².